The predicted molar refractivity (Wildman–Crippen MR) is 66.4 cm³/mol. The molecule has 0 aliphatic carbocycles. The fourth-order valence-corrected chi connectivity index (χ4v) is 3.12. The lowest BCUT2D eigenvalue weighted by Crippen LogP contribution is -2.37. The summed E-state index contributed by atoms with van der Waals surface area (Å²) in [5.74, 6) is -0.617. The van der Waals surface area contributed by atoms with Crippen molar-refractivity contribution in [1.82, 2.24) is 10.2 Å². The first-order chi connectivity index (χ1) is 7.91. The van der Waals surface area contributed by atoms with E-state index in [-0.39, 0.29) is 17.9 Å². The fourth-order valence-electron chi connectivity index (χ4n) is 1.84. The molecule has 0 spiro atoms. The number of nitrogens with one attached hydrogen (secondary N) is 1. The van der Waals surface area contributed by atoms with Crippen LogP contribution in [0, 0.1) is 0 Å². The summed E-state index contributed by atoms with van der Waals surface area (Å²) in [6, 6.07) is 0.418. The summed E-state index contributed by atoms with van der Waals surface area (Å²) < 4.78 is 23.2. The molecule has 1 saturated heterocycles. The Morgan fingerprint density at radius 1 is 1.47 bits per heavy atom. The van der Waals surface area contributed by atoms with Gasteiger partial charge in [0.2, 0.25) is 5.91 Å². The van der Waals surface area contributed by atoms with Gasteiger partial charge in [-0.25, -0.2) is 8.42 Å². The Kier molecular flexibility index (Phi) is 5.35. The van der Waals surface area contributed by atoms with Crippen molar-refractivity contribution in [2.45, 2.75) is 18.9 Å². The third kappa shape index (κ3) is 5.47. The Bertz CT molecular complexity index is 350. The zero-order chi connectivity index (χ0) is 12.9. The van der Waals surface area contributed by atoms with Crippen molar-refractivity contribution >= 4 is 15.7 Å². The number of carbonyl (C=O) groups excluding carboxylic acids is 1. The molecule has 1 aliphatic rings. The van der Waals surface area contributed by atoms with Crippen LogP contribution in [0.4, 0.5) is 0 Å². The number of rotatable bonds is 7. The highest BCUT2D eigenvalue weighted by Gasteiger charge is 2.21. The zero-order valence-electron chi connectivity index (χ0n) is 10.2. The van der Waals surface area contributed by atoms with Crippen molar-refractivity contribution in [3.63, 3.8) is 0 Å². The second-order valence-corrected chi connectivity index (χ2v) is 6.80. The molecule has 1 heterocycles. The van der Waals surface area contributed by atoms with Gasteiger partial charge in [0, 0.05) is 25.6 Å². The minimum absolute atomic E-state index is 0.0863. The topological polar surface area (TPSA) is 92.5 Å². The van der Waals surface area contributed by atoms with Crippen LogP contribution >= 0.6 is 0 Å². The van der Waals surface area contributed by atoms with Gasteiger partial charge in [-0.2, -0.15) is 0 Å². The Hall–Kier alpha value is -0.660. The second kappa shape index (κ2) is 6.32. The Labute approximate surface area is 102 Å². The molecule has 0 radical (unpaired) electrons. The Balaban J connectivity index is 2.30. The Morgan fingerprint density at radius 2 is 2.18 bits per heavy atom. The van der Waals surface area contributed by atoms with E-state index in [0.29, 0.717) is 12.6 Å². The van der Waals surface area contributed by atoms with Crippen molar-refractivity contribution in [3.8, 4) is 0 Å². The van der Waals surface area contributed by atoms with Crippen molar-refractivity contribution in [2.24, 2.45) is 5.73 Å². The molecule has 3 N–H and O–H groups in total. The first kappa shape index (κ1) is 14.4. The molecule has 7 heteroatoms. The summed E-state index contributed by atoms with van der Waals surface area (Å²) >= 11 is 0. The van der Waals surface area contributed by atoms with E-state index in [1.807, 2.05) is 7.05 Å². The maximum atomic E-state index is 11.6. The van der Waals surface area contributed by atoms with Gasteiger partial charge in [0.05, 0.1) is 11.5 Å². The van der Waals surface area contributed by atoms with E-state index in [2.05, 4.69) is 10.2 Å². The van der Waals surface area contributed by atoms with Crippen LogP contribution in [-0.2, 0) is 14.6 Å². The van der Waals surface area contributed by atoms with Crippen molar-refractivity contribution in [2.75, 3.05) is 38.2 Å². The second-order valence-electron chi connectivity index (χ2n) is 4.50. The van der Waals surface area contributed by atoms with Crippen LogP contribution < -0.4 is 11.1 Å². The molecule has 6 nitrogen and oxygen atoms in total. The summed E-state index contributed by atoms with van der Waals surface area (Å²) in [6.07, 6.45) is 0.967. The molecule has 0 saturated carbocycles. The summed E-state index contributed by atoms with van der Waals surface area (Å²) in [4.78, 5) is 12.6. The Morgan fingerprint density at radius 3 is 2.71 bits per heavy atom. The van der Waals surface area contributed by atoms with Gasteiger partial charge in [-0.05, 0) is 20.0 Å². The number of primary amides is 1. The molecule has 1 aliphatic heterocycles. The molecule has 1 fully saturated rings. The van der Waals surface area contributed by atoms with E-state index in [9.17, 15) is 13.2 Å². The molecule has 0 aromatic carbocycles. The minimum Gasteiger partial charge on any atom is -0.370 e. The van der Waals surface area contributed by atoms with Gasteiger partial charge >= 0.3 is 0 Å². The summed E-state index contributed by atoms with van der Waals surface area (Å²) in [5.41, 5.74) is 4.93. The normalized spacial score (nSPS) is 20.9. The zero-order valence-corrected chi connectivity index (χ0v) is 11.0. The molecule has 1 amide bonds. The van der Waals surface area contributed by atoms with Gasteiger partial charge in [-0.1, -0.05) is 0 Å². The smallest absolute Gasteiger partial charge is 0.218 e. The van der Waals surface area contributed by atoms with Crippen LogP contribution in [0.15, 0.2) is 0 Å². The molecule has 17 heavy (non-hydrogen) atoms. The lowest BCUT2D eigenvalue weighted by Gasteiger charge is -2.23. The largest absolute Gasteiger partial charge is 0.370 e. The highest BCUT2D eigenvalue weighted by Crippen LogP contribution is 2.06. The van der Waals surface area contributed by atoms with Gasteiger partial charge in [-0.15, -0.1) is 0 Å². The van der Waals surface area contributed by atoms with Crippen LogP contribution in [0.2, 0.25) is 0 Å². The van der Waals surface area contributed by atoms with Crippen LogP contribution in [-0.4, -0.2) is 63.5 Å². The number of likely N-dealkylation sites (N-methyl/N-ethyl adjacent to an activating group) is 1. The molecule has 1 atom stereocenters. The van der Waals surface area contributed by atoms with Gasteiger partial charge in [0.25, 0.3) is 0 Å². The molecule has 0 aromatic heterocycles. The van der Waals surface area contributed by atoms with Crippen LogP contribution in [0.1, 0.15) is 12.8 Å². The van der Waals surface area contributed by atoms with Crippen LogP contribution in [0.25, 0.3) is 0 Å². The average molecular weight is 263 g/mol. The third-order valence-corrected chi connectivity index (χ3v) is 4.70. The van der Waals surface area contributed by atoms with Crippen LogP contribution in [0.3, 0.4) is 0 Å². The SMILES string of the molecule is CN(CCS(=O)(=O)CCC(N)=O)C1CCNC1. The molecule has 0 bridgehead atoms. The number of sulfone groups is 1. The highest BCUT2D eigenvalue weighted by molar-refractivity contribution is 7.91. The number of hydrogen-bond acceptors (Lipinski definition) is 5. The van der Waals surface area contributed by atoms with E-state index in [1.165, 1.54) is 0 Å². The number of carbonyl (C=O) groups is 1. The van der Waals surface area contributed by atoms with E-state index < -0.39 is 15.7 Å². The summed E-state index contributed by atoms with van der Waals surface area (Å²) in [5, 5.41) is 3.24. The van der Waals surface area contributed by atoms with Gasteiger partial charge < -0.3 is 16.0 Å². The fraction of sp³-hybridized carbons (Fsp3) is 0.900. The highest BCUT2D eigenvalue weighted by atomic mass is 32.2. The first-order valence-electron chi connectivity index (χ1n) is 5.80. The molecule has 1 unspecified atom stereocenters. The number of nitrogens with two attached hydrogens (primary N) is 1. The summed E-state index contributed by atoms with van der Waals surface area (Å²) in [6.45, 7) is 2.41. The minimum atomic E-state index is -3.16. The lowest BCUT2D eigenvalue weighted by molar-refractivity contribution is -0.117. The molecule has 0 aromatic rings. The first-order valence-corrected chi connectivity index (χ1v) is 7.62. The maximum absolute atomic E-state index is 11.6. The maximum Gasteiger partial charge on any atom is 0.218 e. The van der Waals surface area contributed by atoms with E-state index in [4.69, 9.17) is 5.73 Å². The van der Waals surface area contributed by atoms with Crippen molar-refractivity contribution < 1.29 is 13.2 Å². The van der Waals surface area contributed by atoms with Gasteiger partial charge in [-0.3, -0.25) is 4.79 Å². The lowest BCUT2D eigenvalue weighted by atomic mass is 10.2. The van der Waals surface area contributed by atoms with E-state index >= 15 is 0 Å². The molecular weight excluding hydrogens is 242 g/mol. The quantitative estimate of drug-likeness (QED) is 0.587. The number of hydrogen-bond donors (Lipinski definition) is 2. The van der Waals surface area contributed by atoms with E-state index in [1.54, 1.807) is 0 Å². The van der Waals surface area contributed by atoms with Crippen LogP contribution in [0.5, 0.6) is 0 Å². The number of amides is 1. The number of nitrogens with zero attached hydrogens (tertiary/aromatic N) is 1. The monoisotopic (exact) mass is 263 g/mol. The molecule has 1 rings (SSSR count). The molecular formula is C10H21N3O3S. The van der Waals surface area contributed by atoms with E-state index in [0.717, 1.165) is 19.5 Å². The average Bonchev–Trinajstić information content (AvgIpc) is 2.77. The predicted octanol–water partition coefficient (Wildman–Crippen LogP) is -1.43. The van der Waals surface area contributed by atoms with Crippen molar-refractivity contribution in [1.29, 1.82) is 0 Å². The third-order valence-electron chi connectivity index (χ3n) is 3.07. The summed E-state index contributed by atoms with van der Waals surface area (Å²) in [7, 11) is -1.23. The van der Waals surface area contributed by atoms with Gasteiger partial charge in [0.1, 0.15) is 0 Å². The standard InChI is InChI=1S/C10H21N3O3S/c1-13(9-2-4-12-8-9)5-7-17(15,16)6-3-10(11)14/h9,12H,2-8H2,1H3,(H2,11,14). The van der Waals surface area contributed by atoms with Gasteiger partial charge in [0.15, 0.2) is 9.84 Å². The van der Waals surface area contributed by atoms with Crippen molar-refractivity contribution in [3.05, 3.63) is 0 Å². The molecule has 100 valence electrons.